The molecular formula is C17H18N6OS2. The topological polar surface area (TPSA) is 88.5 Å². The van der Waals surface area contributed by atoms with Gasteiger partial charge < -0.3 is 5.32 Å². The quantitative estimate of drug-likeness (QED) is 0.479. The lowest BCUT2D eigenvalue weighted by atomic mass is 10.1. The molecule has 0 radical (unpaired) electrons. The Balaban J connectivity index is 1.71. The summed E-state index contributed by atoms with van der Waals surface area (Å²) in [6, 6.07) is 3.81. The number of aromatic nitrogens is 5. The van der Waals surface area contributed by atoms with Gasteiger partial charge in [0.05, 0.1) is 10.6 Å². The second-order valence-electron chi connectivity index (χ2n) is 5.59. The summed E-state index contributed by atoms with van der Waals surface area (Å²) in [5.74, 6) is 0.611. The Kier molecular flexibility index (Phi) is 5.69. The molecule has 0 aliphatic carbocycles. The Hall–Kier alpha value is -2.65. The van der Waals surface area contributed by atoms with Crippen molar-refractivity contribution in [1.29, 1.82) is 0 Å². The van der Waals surface area contributed by atoms with Crippen LogP contribution in [0.25, 0.3) is 10.7 Å². The molecule has 3 aromatic heterocycles. The van der Waals surface area contributed by atoms with Crippen LogP contribution in [-0.4, -0.2) is 30.6 Å². The SMILES string of the molecule is C=CCn1c(-c2sc(NC(=O)CCc3cccnc3)nc2C)n[nH]c1=S. The van der Waals surface area contributed by atoms with Gasteiger partial charge in [0.2, 0.25) is 5.91 Å². The molecule has 9 heteroatoms. The average Bonchev–Trinajstić information content (AvgIpc) is 3.17. The highest BCUT2D eigenvalue weighted by Gasteiger charge is 2.17. The van der Waals surface area contributed by atoms with Crippen molar-refractivity contribution in [2.24, 2.45) is 0 Å². The van der Waals surface area contributed by atoms with E-state index in [9.17, 15) is 4.79 Å². The second kappa shape index (κ2) is 8.15. The van der Waals surface area contributed by atoms with Gasteiger partial charge in [-0.15, -0.1) is 6.58 Å². The Morgan fingerprint density at radius 1 is 1.54 bits per heavy atom. The molecular weight excluding hydrogens is 368 g/mol. The number of nitrogens with zero attached hydrogens (tertiary/aromatic N) is 4. The largest absolute Gasteiger partial charge is 0.302 e. The first-order chi connectivity index (χ1) is 12.6. The van der Waals surface area contributed by atoms with Gasteiger partial charge in [0.15, 0.2) is 15.7 Å². The van der Waals surface area contributed by atoms with Gasteiger partial charge >= 0.3 is 0 Å². The maximum Gasteiger partial charge on any atom is 0.226 e. The summed E-state index contributed by atoms with van der Waals surface area (Å²) in [6.45, 7) is 6.17. The van der Waals surface area contributed by atoms with Crippen LogP contribution in [0, 0.1) is 11.7 Å². The van der Waals surface area contributed by atoms with Crippen LogP contribution < -0.4 is 5.32 Å². The van der Waals surface area contributed by atoms with Crippen LogP contribution in [0.15, 0.2) is 37.2 Å². The smallest absolute Gasteiger partial charge is 0.226 e. The van der Waals surface area contributed by atoms with Crippen LogP contribution in [0.2, 0.25) is 0 Å². The average molecular weight is 387 g/mol. The molecule has 0 fully saturated rings. The van der Waals surface area contributed by atoms with E-state index in [1.54, 1.807) is 18.5 Å². The monoisotopic (exact) mass is 386 g/mol. The molecule has 3 aromatic rings. The Bertz CT molecular complexity index is 973. The number of amides is 1. The first kappa shape index (κ1) is 18.2. The zero-order valence-corrected chi connectivity index (χ0v) is 15.9. The molecule has 0 saturated carbocycles. The third kappa shape index (κ3) is 4.12. The first-order valence-electron chi connectivity index (χ1n) is 8.01. The maximum absolute atomic E-state index is 12.2. The van der Waals surface area contributed by atoms with Crippen molar-refractivity contribution < 1.29 is 4.79 Å². The molecule has 134 valence electrons. The summed E-state index contributed by atoms with van der Waals surface area (Å²) < 4.78 is 2.37. The second-order valence-corrected chi connectivity index (χ2v) is 6.98. The summed E-state index contributed by atoms with van der Waals surface area (Å²) in [7, 11) is 0. The molecule has 2 N–H and O–H groups in total. The van der Waals surface area contributed by atoms with E-state index < -0.39 is 0 Å². The minimum atomic E-state index is -0.0842. The fourth-order valence-corrected chi connectivity index (χ4v) is 3.62. The number of hydrogen-bond acceptors (Lipinski definition) is 6. The number of hydrogen-bond donors (Lipinski definition) is 2. The van der Waals surface area contributed by atoms with Crippen LogP contribution in [-0.2, 0) is 17.8 Å². The normalized spacial score (nSPS) is 10.7. The summed E-state index contributed by atoms with van der Waals surface area (Å²) in [5.41, 5.74) is 1.82. The number of pyridine rings is 1. The van der Waals surface area contributed by atoms with E-state index >= 15 is 0 Å². The lowest BCUT2D eigenvalue weighted by molar-refractivity contribution is -0.116. The van der Waals surface area contributed by atoms with E-state index in [0.29, 0.717) is 35.1 Å². The third-order valence-electron chi connectivity index (χ3n) is 3.68. The lowest BCUT2D eigenvalue weighted by Crippen LogP contribution is -2.12. The van der Waals surface area contributed by atoms with Gasteiger partial charge in [0.1, 0.15) is 0 Å². The highest BCUT2D eigenvalue weighted by atomic mass is 32.1. The van der Waals surface area contributed by atoms with E-state index in [1.165, 1.54) is 11.3 Å². The number of carbonyl (C=O) groups excluding carboxylic acids is 1. The Morgan fingerprint density at radius 2 is 2.38 bits per heavy atom. The predicted octanol–water partition coefficient (Wildman–Crippen LogP) is 3.52. The molecule has 0 unspecified atom stereocenters. The van der Waals surface area contributed by atoms with Gasteiger partial charge in [-0.1, -0.05) is 23.5 Å². The van der Waals surface area contributed by atoms with Crippen LogP contribution in [0.4, 0.5) is 5.13 Å². The summed E-state index contributed by atoms with van der Waals surface area (Å²) in [5, 5.41) is 10.5. The van der Waals surface area contributed by atoms with E-state index in [2.05, 4.69) is 32.1 Å². The van der Waals surface area contributed by atoms with Gasteiger partial charge in [-0.25, -0.2) is 4.98 Å². The number of thiazole rings is 1. The molecule has 1 amide bonds. The number of H-pyrrole nitrogens is 1. The maximum atomic E-state index is 12.2. The summed E-state index contributed by atoms with van der Waals surface area (Å²) in [4.78, 5) is 21.5. The minimum absolute atomic E-state index is 0.0842. The highest BCUT2D eigenvalue weighted by Crippen LogP contribution is 2.31. The predicted molar refractivity (Wildman–Crippen MR) is 105 cm³/mol. The third-order valence-corrected chi connectivity index (χ3v) is 5.06. The Labute approximate surface area is 159 Å². The van der Waals surface area contributed by atoms with Gasteiger partial charge in [0.25, 0.3) is 0 Å². The van der Waals surface area contributed by atoms with Gasteiger partial charge in [-0.05, 0) is 37.2 Å². The number of aryl methyl sites for hydroxylation is 2. The molecule has 3 rings (SSSR count). The van der Waals surface area contributed by atoms with Crippen molar-refractivity contribution in [3.8, 4) is 10.7 Å². The van der Waals surface area contributed by atoms with Crippen molar-refractivity contribution in [1.82, 2.24) is 24.7 Å². The van der Waals surface area contributed by atoms with Crippen LogP contribution in [0.3, 0.4) is 0 Å². The lowest BCUT2D eigenvalue weighted by Gasteiger charge is -2.02. The molecule has 0 saturated heterocycles. The van der Waals surface area contributed by atoms with Gasteiger partial charge in [-0.2, -0.15) is 5.10 Å². The standard InChI is InChI=1S/C17H18N6OS2/c1-3-9-23-15(21-22-17(23)25)14-11(2)19-16(26-14)20-13(24)7-6-12-5-4-8-18-10-12/h3-5,8,10H,1,6-7,9H2,2H3,(H,22,25)(H,19,20,24). The molecule has 26 heavy (non-hydrogen) atoms. The summed E-state index contributed by atoms with van der Waals surface area (Å²) in [6.07, 6.45) is 6.24. The zero-order chi connectivity index (χ0) is 18.5. The molecule has 0 aromatic carbocycles. The van der Waals surface area contributed by atoms with Crippen molar-refractivity contribution in [2.75, 3.05) is 5.32 Å². The van der Waals surface area contributed by atoms with E-state index in [0.717, 1.165) is 16.1 Å². The number of allylic oxidation sites excluding steroid dienone is 1. The Morgan fingerprint density at radius 3 is 3.12 bits per heavy atom. The number of anilines is 1. The molecule has 0 atom stereocenters. The first-order valence-corrected chi connectivity index (χ1v) is 9.23. The van der Waals surface area contributed by atoms with Crippen LogP contribution in [0.5, 0.6) is 0 Å². The molecule has 0 aliphatic heterocycles. The fourth-order valence-electron chi connectivity index (χ4n) is 2.43. The number of nitrogens with one attached hydrogen (secondary N) is 2. The van der Waals surface area contributed by atoms with Crippen LogP contribution >= 0.6 is 23.6 Å². The number of carbonyl (C=O) groups is 1. The minimum Gasteiger partial charge on any atom is -0.302 e. The van der Waals surface area contributed by atoms with E-state index in [-0.39, 0.29) is 5.91 Å². The van der Waals surface area contributed by atoms with Crippen molar-refractivity contribution in [3.63, 3.8) is 0 Å². The molecule has 3 heterocycles. The molecule has 0 bridgehead atoms. The van der Waals surface area contributed by atoms with Crippen molar-refractivity contribution >= 4 is 34.6 Å². The van der Waals surface area contributed by atoms with E-state index in [1.807, 2.05) is 23.6 Å². The number of rotatable bonds is 7. The highest BCUT2D eigenvalue weighted by molar-refractivity contribution is 7.71. The van der Waals surface area contributed by atoms with Crippen molar-refractivity contribution in [2.45, 2.75) is 26.3 Å². The molecule has 7 nitrogen and oxygen atoms in total. The number of aromatic amines is 1. The van der Waals surface area contributed by atoms with E-state index in [4.69, 9.17) is 12.2 Å². The van der Waals surface area contributed by atoms with Gasteiger partial charge in [0, 0.05) is 25.4 Å². The molecule has 0 aliphatic rings. The van der Waals surface area contributed by atoms with Gasteiger partial charge in [-0.3, -0.25) is 19.4 Å². The summed E-state index contributed by atoms with van der Waals surface area (Å²) >= 11 is 6.62. The van der Waals surface area contributed by atoms with Crippen molar-refractivity contribution in [3.05, 3.63) is 53.2 Å². The molecule has 0 spiro atoms. The van der Waals surface area contributed by atoms with Crippen LogP contribution in [0.1, 0.15) is 17.7 Å². The zero-order valence-electron chi connectivity index (χ0n) is 14.2. The fraction of sp³-hybridized carbons (Fsp3) is 0.235.